The lowest BCUT2D eigenvalue weighted by atomic mass is 10.3. The van der Waals surface area contributed by atoms with E-state index in [1.165, 1.54) is 41.1 Å². The molecule has 2 heterocycles. The van der Waals surface area contributed by atoms with Gasteiger partial charge in [0.2, 0.25) is 5.91 Å². The number of halogens is 1. The van der Waals surface area contributed by atoms with Crippen molar-refractivity contribution in [1.82, 2.24) is 20.0 Å². The zero-order valence-corrected chi connectivity index (χ0v) is 15.7. The number of aryl methyl sites for hydroxylation is 1. The van der Waals surface area contributed by atoms with E-state index in [4.69, 9.17) is 11.6 Å². The molecular weight excluding hydrogens is 392 g/mol. The second-order valence-electron chi connectivity index (χ2n) is 5.57. The second-order valence-corrected chi connectivity index (χ2v) is 7.64. The Balaban J connectivity index is 1.65. The maximum Gasteiger partial charge on any atom is 0.263 e. The molecule has 2 N–H and O–H groups in total. The Labute approximate surface area is 160 Å². The Morgan fingerprint density at radius 2 is 1.85 bits per heavy atom. The van der Waals surface area contributed by atoms with E-state index >= 15 is 0 Å². The third-order valence-electron chi connectivity index (χ3n) is 3.40. The first-order valence-electron chi connectivity index (χ1n) is 7.74. The van der Waals surface area contributed by atoms with Crippen LogP contribution in [0.25, 0.3) is 0 Å². The summed E-state index contributed by atoms with van der Waals surface area (Å²) in [5.74, 6) is -0.227. The van der Waals surface area contributed by atoms with Crippen molar-refractivity contribution in [3.8, 4) is 0 Å². The van der Waals surface area contributed by atoms with E-state index in [-0.39, 0.29) is 28.3 Å². The molecule has 9 nitrogen and oxygen atoms in total. The van der Waals surface area contributed by atoms with Gasteiger partial charge in [-0.3, -0.25) is 14.2 Å². The third-order valence-corrected chi connectivity index (χ3v) is 4.97. The molecule has 140 valence electrons. The molecule has 3 rings (SSSR count). The first kappa shape index (κ1) is 18.8. The average molecular weight is 407 g/mol. The second kappa shape index (κ2) is 7.72. The largest absolute Gasteiger partial charge is 0.324 e. The van der Waals surface area contributed by atoms with Crippen LogP contribution in [0.2, 0.25) is 5.15 Å². The molecule has 2 aromatic heterocycles. The maximum atomic E-state index is 12.4. The molecule has 0 aliphatic carbocycles. The number of anilines is 2. The van der Waals surface area contributed by atoms with Gasteiger partial charge in [0.1, 0.15) is 6.54 Å². The highest BCUT2D eigenvalue weighted by molar-refractivity contribution is 7.92. The minimum atomic E-state index is -3.84. The van der Waals surface area contributed by atoms with Gasteiger partial charge in [0.25, 0.3) is 10.0 Å². The minimum absolute atomic E-state index is 0.0138. The summed E-state index contributed by atoms with van der Waals surface area (Å²) in [6.07, 6.45) is 1.70. The van der Waals surface area contributed by atoms with Gasteiger partial charge in [0, 0.05) is 11.9 Å². The van der Waals surface area contributed by atoms with Gasteiger partial charge < -0.3 is 5.32 Å². The normalized spacial score (nSPS) is 11.2. The van der Waals surface area contributed by atoms with Crippen molar-refractivity contribution >= 4 is 39.0 Å². The van der Waals surface area contributed by atoms with Crippen LogP contribution in [-0.2, 0) is 21.4 Å². The number of rotatable bonds is 6. The number of nitrogens with one attached hydrogen (secondary N) is 2. The van der Waals surface area contributed by atoms with Crippen LogP contribution in [0.4, 0.5) is 11.5 Å². The van der Waals surface area contributed by atoms with Crippen LogP contribution >= 0.6 is 11.6 Å². The lowest BCUT2D eigenvalue weighted by Gasteiger charge is -2.09. The third kappa shape index (κ3) is 5.02. The molecule has 0 spiro atoms. The van der Waals surface area contributed by atoms with E-state index in [0.29, 0.717) is 5.69 Å². The fourth-order valence-corrected chi connectivity index (χ4v) is 3.28. The van der Waals surface area contributed by atoms with Crippen molar-refractivity contribution in [2.24, 2.45) is 0 Å². The van der Waals surface area contributed by atoms with Crippen molar-refractivity contribution in [3.05, 3.63) is 59.5 Å². The highest BCUT2D eigenvalue weighted by atomic mass is 35.5. The van der Waals surface area contributed by atoms with Crippen molar-refractivity contribution in [3.63, 3.8) is 0 Å². The molecule has 3 aromatic rings. The van der Waals surface area contributed by atoms with Gasteiger partial charge in [-0.15, -0.1) is 10.2 Å². The van der Waals surface area contributed by atoms with Crippen LogP contribution in [-0.4, -0.2) is 34.3 Å². The molecule has 0 bridgehead atoms. The number of carbonyl (C=O) groups excluding carboxylic acids is 1. The van der Waals surface area contributed by atoms with Crippen molar-refractivity contribution in [2.45, 2.75) is 18.4 Å². The predicted molar refractivity (Wildman–Crippen MR) is 99.9 cm³/mol. The Hall–Kier alpha value is -2.98. The monoisotopic (exact) mass is 406 g/mol. The molecule has 0 saturated carbocycles. The molecule has 27 heavy (non-hydrogen) atoms. The number of sulfonamides is 1. The first-order valence-corrected chi connectivity index (χ1v) is 9.60. The molecule has 0 unspecified atom stereocenters. The van der Waals surface area contributed by atoms with E-state index in [1.54, 1.807) is 12.3 Å². The zero-order valence-electron chi connectivity index (χ0n) is 14.1. The van der Waals surface area contributed by atoms with Gasteiger partial charge >= 0.3 is 0 Å². The van der Waals surface area contributed by atoms with Crippen molar-refractivity contribution in [1.29, 1.82) is 0 Å². The molecule has 11 heteroatoms. The van der Waals surface area contributed by atoms with Crippen LogP contribution in [0.1, 0.15) is 5.69 Å². The lowest BCUT2D eigenvalue weighted by Crippen LogP contribution is -2.19. The predicted octanol–water partition coefficient (Wildman–Crippen LogP) is 2.07. The fourth-order valence-electron chi connectivity index (χ4n) is 2.18. The number of hydrogen-bond donors (Lipinski definition) is 2. The SMILES string of the molecule is Cc1ccn(CC(=O)Nc2ccc(S(=O)(=O)Nc3ccc(Cl)nn3)cc2)n1. The summed E-state index contributed by atoms with van der Waals surface area (Å²) in [4.78, 5) is 12.0. The Kier molecular flexibility index (Phi) is 5.38. The van der Waals surface area contributed by atoms with E-state index in [9.17, 15) is 13.2 Å². The van der Waals surface area contributed by atoms with Gasteiger partial charge in [0.15, 0.2) is 11.0 Å². The Morgan fingerprint density at radius 1 is 1.11 bits per heavy atom. The van der Waals surface area contributed by atoms with Gasteiger partial charge in [-0.05, 0) is 49.4 Å². The summed E-state index contributed by atoms with van der Waals surface area (Å²) in [5.41, 5.74) is 1.28. The molecule has 0 aliphatic heterocycles. The molecule has 0 atom stereocenters. The average Bonchev–Trinajstić information content (AvgIpc) is 3.02. The smallest absolute Gasteiger partial charge is 0.263 e. The number of aromatic nitrogens is 4. The van der Waals surface area contributed by atoms with Crippen LogP contribution in [0.15, 0.2) is 53.6 Å². The van der Waals surface area contributed by atoms with E-state index in [2.05, 4.69) is 25.3 Å². The standard InChI is InChI=1S/C16H15ClN6O3S/c1-11-8-9-23(21-11)10-16(24)18-12-2-4-13(5-3-12)27(25,26)22-15-7-6-14(17)19-20-15/h2-9H,10H2,1H3,(H,18,24)(H,20,22). The number of hydrogen-bond acceptors (Lipinski definition) is 6. The Morgan fingerprint density at radius 3 is 2.44 bits per heavy atom. The highest BCUT2D eigenvalue weighted by Gasteiger charge is 2.15. The lowest BCUT2D eigenvalue weighted by molar-refractivity contribution is -0.116. The van der Waals surface area contributed by atoms with Gasteiger partial charge in [-0.2, -0.15) is 5.10 Å². The van der Waals surface area contributed by atoms with E-state index < -0.39 is 10.0 Å². The van der Waals surface area contributed by atoms with Gasteiger partial charge in [-0.1, -0.05) is 11.6 Å². The Bertz CT molecular complexity index is 1050. The molecule has 0 saturated heterocycles. The molecule has 1 amide bonds. The highest BCUT2D eigenvalue weighted by Crippen LogP contribution is 2.17. The summed E-state index contributed by atoms with van der Waals surface area (Å²) in [6, 6.07) is 10.4. The summed E-state index contributed by atoms with van der Waals surface area (Å²) in [5, 5.41) is 14.2. The summed E-state index contributed by atoms with van der Waals surface area (Å²) in [7, 11) is -3.84. The number of nitrogens with zero attached hydrogens (tertiary/aromatic N) is 4. The summed E-state index contributed by atoms with van der Waals surface area (Å²) >= 11 is 5.62. The van der Waals surface area contributed by atoms with Gasteiger partial charge in [0.05, 0.1) is 10.6 Å². The zero-order chi connectivity index (χ0) is 19.4. The molecule has 0 radical (unpaired) electrons. The van der Waals surface area contributed by atoms with Crippen LogP contribution in [0.5, 0.6) is 0 Å². The molecule has 1 aromatic carbocycles. The quantitative estimate of drug-likeness (QED) is 0.646. The first-order chi connectivity index (χ1) is 12.8. The molecule has 0 aliphatic rings. The molecule has 0 fully saturated rings. The maximum absolute atomic E-state index is 12.4. The van der Waals surface area contributed by atoms with Gasteiger partial charge in [-0.25, -0.2) is 8.42 Å². The number of carbonyl (C=O) groups is 1. The van der Waals surface area contributed by atoms with Crippen LogP contribution < -0.4 is 10.0 Å². The van der Waals surface area contributed by atoms with Crippen molar-refractivity contribution < 1.29 is 13.2 Å². The number of benzene rings is 1. The van der Waals surface area contributed by atoms with Crippen LogP contribution in [0.3, 0.4) is 0 Å². The fraction of sp³-hybridized carbons (Fsp3) is 0.125. The van der Waals surface area contributed by atoms with E-state index in [0.717, 1.165) is 5.69 Å². The summed E-state index contributed by atoms with van der Waals surface area (Å²) in [6.45, 7) is 1.89. The van der Waals surface area contributed by atoms with Crippen molar-refractivity contribution in [2.75, 3.05) is 10.0 Å². The van der Waals surface area contributed by atoms with E-state index in [1.807, 2.05) is 6.92 Å². The minimum Gasteiger partial charge on any atom is -0.324 e. The summed E-state index contributed by atoms with van der Waals surface area (Å²) < 4.78 is 28.5. The van der Waals surface area contributed by atoms with Crippen LogP contribution in [0, 0.1) is 6.92 Å². The molecular formula is C16H15ClN6O3S. The topological polar surface area (TPSA) is 119 Å². The number of amides is 1.